The van der Waals surface area contributed by atoms with Crippen molar-refractivity contribution in [2.75, 3.05) is 20.8 Å². The number of aryl methyl sites for hydroxylation is 1. The van der Waals surface area contributed by atoms with E-state index in [0.717, 1.165) is 11.3 Å². The van der Waals surface area contributed by atoms with Crippen molar-refractivity contribution in [1.29, 1.82) is 0 Å². The zero-order valence-corrected chi connectivity index (χ0v) is 16.2. The summed E-state index contributed by atoms with van der Waals surface area (Å²) in [7, 11) is 3.21. The van der Waals surface area contributed by atoms with Crippen LogP contribution in [0.15, 0.2) is 42.5 Å². The number of ether oxygens (including phenoxy) is 2. The number of benzene rings is 2. The Morgan fingerprint density at radius 1 is 1.04 bits per heavy atom. The van der Waals surface area contributed by atoms with Gasteiger partial charge in [0.15, 0.2) is 0 Å². The van der Waals surface area contributed by atoms with E-state index in [1.165, 1.54) is 11.1 Å². The molecule has 0 radical (unpaired) electrons. The van der Waals surface area contributed by atoms with Crippen molar-refractivity contribution >= 4 is 6.03 Å². The van der Waals surface area contributed by atoms with E-state index in [-0.39, 0.29) is 11.4 Å². The molecule has 2 rings (SSSR count). The molecule has 0 aromatic heterocycles. The maximum Gasteiger partial charge on any atom is 0.315 e. The molecule has 2 amide bonds. The lowest BCUT2D eigenvalue weighted by Gasteiger charge is -2.26. The molecule has 140 valence electrons. The Kier molecular flexibility index (Phi) is 6.50. The first kappa shape index (κ1) is 19.6. The molecular weight excluding hydrogens is 328 g/mol. The van der Waals surface area contributed by atoms with Gasteiger partial charge in [0.05, 0.1) is 14.2 Å². The number of carbonyl (C=O) groups excluding carboxylic acids is 1. The highest BCUT2D eigenvalue weighted by molar-refractivity contribution is 5.74. The smallest absolute Gasteiger partial charge is 0.315 e. The molecule has 0 atom stereocenters. The molecule has 5 heteroatoms. The number of amides is 2. The van der Waals surface area contributed by atoms with Crippen LogP contribution in [0.1, 0.15) is 30.5 Å². The van der Waals surface area contributed by atoms with E-state index >= 15 is 0 Å². The quantitative estimate of drug-likeness (QED) is 0.793. The van der Waals surface area contributed by atoms with Gasteiger partial charge in [0.1, 0.15) is 11.5 Å². The third-order valence-electron chi connectivity index (χ3n) is 4.42. The molecule has 0 unspecified atom stereocenters. The lowest BCUT2D eigenvalue weighted by Crippen LogP contribution is -2.42. The van der Waals surface area contributed by atoms with Gasteiger partial charge in [-0.15, -0.1) is 0 Å². The Bertz CT molecular complexity index is 757. The number of nitrogens with one attached hydrogen (secondary N) is 2. The highest BCUT2D eigenvalue weighted by atomic mass is 16.5. The number of methoxy groups -OCH3 is 2. The summed E-state index contributed by atoms with van der Waals surface area (Å²) < 4.78 is 10.5. The van der Waals surface area contributed by atoms with Crippen LogP contribution >= 0.6 is 0 Å². The normalized spacial score (nSPS) is 11.0. The SMILES string of the molecule is COc1ccc(CNC(=O)NCC(C)(C)c2cccc(C)c2)c(OC)c1. The van der Waals surface area contributed by atoms with Crippen LogP contribution in [0.5, 0.6) is 11.5 Å². The fourth-order valence-electron chi connectivity index (χ4n) is 2.71. The molecule has 0 aliphatic heterocycles. The predicted octanol–water partition coefficient (Wildman–Crippen LogP) is 3.79. The van der Waals surface area contributed by atoms with E-state index in [0.29, 0.717) is 18.8 Å². The van der Waals surface area contributed by atoms with Crippen LogP contribution in [0.2, 0.25) is 0 Å². The van der Waals surface area contributed by atoms with Crippen LogP contribution in [0.25, 0.3) is 0 Å². The Morgan fingerprint density at radius 2 is 1.81 bits per heavy atom. The van der Waals surface area contributed by atoms with Crippen LogP contribution in [0.3, 0.4) is 0 Å². The van der Waals surface area contributed by atoms with Crippen molar-refractivity contribution < 1.29 is 14.3 Å². The number of hydrogen-bond donors (Lipinski definition) is 2. The molecule has 0 aliphatic rings. The summed E-state index contributed by atoms with van der Waals surface area (Å²) in [5.74, 6) is 1.40. The third-order valence-corrected chi connectivity index (χ3v) is 4.42. The maximum absolute atomic E-state index is 12.2. The minimum absolute atomic E-state index is 0.152. The lowest BCUT2D eigenvalue weighted by atomic mass is 9.84. The van der Waals surface area contributed by atoms with Gasteiger partial charge >= 0.3 is 6.03 Å². The van der Waals surface area contributed by atoms with Gasteiger partial charge in [0.25, 0.3) is 0 Å². The minimum atomic E-state index is -0.205. The first-order valence-electron chi connectivity index (χ1n) is 8.65. The average molecular weight is 356 g/mol. The molecule has 2 N–H and O–H groups in total. The van der Waals surface area contributed by atoms with Crippen molar-refractivity contribution in [3.8, 4) is 11.5 Å². The minimum Gasteiger partial charge on any atom is -0.497 e. The van der Waals surface area contributed by atoms with Gasteiger partial charge in [-0.25, -0.2) is 4.79 Å². The van der Waals surface area contributed by atoms with Gasteiger partial charge in [0.2, 0.25) is 0 Å². The van der Waals surface area contributed by atoms with Crippen LogP contribution in [0, 0.1) is 6.92 Å². The van der Waals surface area contributed by atoms with Crippen LogP contribution in [-0.4, -0.2) is 26.8 Å². The van der Waals surface area contributed by atoms with Crippen LogP contribution in [-0.2, 0) is 12.0 Å². The van der Waals surface area contributed by atoms with Crippen LogP contribution < -0.4 is 20.1 Å². The van der Waals surface area contributed by atoms with Crippen molar-refractivity contribution in [1.82, 2.24) is 10.6 Å². The van der Waals surface area contributed by atoms with E-state index < -0.39 is 0 Å². The van der Waals surface area contributed by atoms with E-state index in [9.17, 15) is 4.79 Å². The molecule has 0 heterocycles. The number of urea groups is 1. The van der Waals surface area contributed by atoms with Gasteiger partial charge in [-0.3, -0.25) is 0 Å². The molecule has 0 saturated carbocycles. The zero-order valence-electron chi connectivity index (χ0n) is 16.2. The average Bonchev–Trinajstić information content (AvgIpc) is 2.64. The third kappa shape index (κ3) is 5.15. The largest absolute Gasteiger partial charge is 0.497 e. The summed E-state index contributed by atoms with van der Waals surface area (Å²) in [6, 6.07) is 13.7. The molecule has 5 nitrogen and oxygen atoms in total. The van der Waals surface area contributed by atoms with Gasteiger partial charge in [0, 0.05) is 30.1 Å². The molecule has 26 heavy (non-hydrogen) atoms. The Labute approximate surface area is 155 Å². The molecular formula is C21H28N2O3. The molecule has 0 saturated heterocycles. The Hall–Kier alpha value is -2.69. The summed E-state index contributed by atoms with van der Waals surface area (Å²) in [6.07, 6.45) is 0. The van der Waals surface area contributed by atoms with Crippen molar-refractivity contribution in [2.24, 2.45) is 0 Å². The molecule has 0 fully saturated rings. The summed E-state index contributed by atoms with van der Waals surface area (Å²) >= 11 is 0. The highest BCUT2D eigenvalue weighted by Gasteiger charge is 2.21. The first-order chi connectivity index (χ1) is 12.4. The number of carbonyl (C=O) groups is 1. The van der Waals surface area contributed by atoms with Crippen molar-refractivity contribution in [2.45, 2.75) is 32.7 Å². The predicted molar refractivity (Wildman–Crippen MR) is 104 cm³/mol. The number of hydrogen-bond acceptors (Lipinski definition) is 3. The standard InChI is InChI=1S/C21H28N2O3/c1-15-7-6-8-17(11-15)21(2,3)14-23-20(24)22-13-16-9-10-18(25-4)12-19(16)26-5/h6-12H,13-14H2,1-5H3,(H2,22,23,24). The fourth-order valence-corrected chi connectivity index (χ4v) is 2.71. The van der Waals surface area contributed by atoms with Crippen molar-refractivity contribution in [3.63, 3.8) is 0 Å². The molecule has 2 aromatic rings. The summed E-state index contributed by atoms with van der Waals surface area (Å²) in [6.45, 7) is 7.23. The Morgan fingerprint density at radius 3 is 2.46 bits per heavy atom. The monoisotopic (exact) mass is 356 g/mol. The highest BCUT2D eigenvalue weighted by Crippen LogP contribution is 2.25. The second-order valence-corrected chi connectivity index (χ2v) is 6.97. The van der Waals surface area contributed by atoms with Crippen molar-refractivity contribution in [3.05, 3.63) is 59.2 Å². The van der Waals surface area contributed by atoms with E-state index in [1.807, 2.05) is 18.2 Å². The second kappa shape index (κ2) is 8.61. The van der Waals surface area contributed by atoms with Gasteiger partial charge in [-0.05, 0) is 24.6 Å². The van der Waals surface area contributed by atoms with E-state index in [4.69, 9.17) is 9.47 Å². The summed E-state index contributed by atoms with van der Waals surface area (Å²) in [4.78, 5) is 12.2. The maximum atomic E-state index is 12.2. The van der Waals surface area contributed by atoms with E-state index in [2.05, 4.69) is 49.6 Å². The molecule has 0 bridgehead atoms. The topological polar surface area (TPSA) is 59.6 Å². The number of rotatable bonds is 7. The lowest BCUT2D eigenvalue weighted by molar-refractivity contribution is 0.238. The molecule has 0 spiro atoms. The second-order valence-electron chi connectivity index (χ2n) is 6.97. The van der Waals surface area contributed by atoms with Crippen LogP contribution in [0.4, 0.5) is 4.79 Å². The summed E-state index contributed by atoms with van der Waals surface area (Å²) in [5.41, 5.74) is 3.16. The first-order valence-corrected chi connectivity index (χ1v) is 8.65. The summed E-state index contributed by atoms with van der Waals surface area (Å²) in [5, 5.41) is 5.83. The van der Waals surface area contributed by atoms with Gasteiger partial charge in [-0.1, -0.05) is 43.7 Å². The van der Waals surface area contributed by atoms with E-state index in [1.54, 1.807) is 20.3 Å². The van der Waals surface area contributed by atoms with Gasteiger partial charge in [-0.2, -0.15) is 0 Å². The molecule has 2 aromatic carbocycles. The molecule has 0 aliphatic carbocycles. The van der Waals surface area contributed by atoms with Gasteiger partial charge < -0.3 is 20.1 Å². The zero-order chi connectivity index (χ0) is 19.2. The fraction of sp³-hybridized carbons (Fsp3) is 0.381. The Balaban J connectivity index is 1.91.